The SMILES string of the molecule is O=[N+]([O-])c1ccccc1CC(CO)OC(O)c1ccccc1. The molecule has 0 bridgehead atoms. The zero-order valence-corrected chi connectivity index (χ0v) is 11.8. The number of benzene rings is 2. The molecule has 2 atom stereocenters. The number of aliphatic hydroxyl groups excluding tert-OH is 2. The van der Waals surface area contributed by atoms with Crippen LogP contribution in [0.1, 0.15) is 17.4 Å². The van der Waals surface area contributed by atoms with E-state index in [2.05, 4.69) is 0 Å². The van der Waals surface area contributed by atoms with Gasteiger partial charge in [-0.05, 0) is 0 Å². The fourth-order valence-electron chi connectivity index (χ4n) is 2.14. The Labute approximate surface area is 127 Å². The fourth-order valence-corrected chi connectivity index (χ4v) is 2.14. The molecule has 0 saturated carbocycles. The van der Waals surface area contributed by atoms with E-state index in [9.17, 15) is 20.3 Å². The minimum absolute atomic E-state index is 0.0289. The molecule has 2 rings (SSSR count). The van der Waals surface area contributed by atoms with Gasteiger partial charge >= 0.3 is 0 Å². The number of nitrogens with zero attached hydrogens (tertiary/aromatic N) is 1. The van der Waals surface area contributed by atoms with Gasteiger partial charge in [0.05, 0.1) is 17.6 Å². The van der Waals surface area contributed by atoms with Gasteiger partial charge in [0.15, 0.2) is 6.29 Å². The van der Waals surface area contributed by atoms with Crippen LogP contribution < -0.4 is 0 Å². The van der Waals surface area contributed by atoms with Gasteiger partial charge in [-0.25, -0.2) is 0 Å². The summed E-state index contributed by atoms with van der Waals surface area (Å²) in [7, 11) is 0. The van der Waals surface area contributed by atoms with E-state index in [1.54, 1.807) is 42.5 Å². The average molecular weight is 303 g/mol. The Kier molecular flexibility index (Phi) is 5.60. The highest BCUT2D eigenvalue weighted by Crippen LogP contribution is 2.22. The molecule has 2 N–H and O–H groups in total. The van der Waals surface area contributed by atoms with E-state index in [0.717, 1.165) is 0 Å². The molecule has 0 saturated heterocycles. The monoisotopic (exact) mass is 303 g/mol. The third-order valence-electron chi connectivity index (χ3n) is 3.25. The smallest absolute Gasteiger partial charge is 0.272 e. The van der Waals surface area contributed by atoms with Crippen LogP contribution in [0.4, 0.5) is 5.69 Å². The molecule has 0 amide bonds. The second kappa shape index (κ2) is 7.65. The summed E-state index contributed by atoms with van der Waals surface area (Å²) in [6, 6.07) is 15.0. The standard InChI is InChI=1S/C16H17NO5/c18-11-14(22-16(19)12-6-2-1-3-7-12)10-13-8-4-5-9-15(13)17(20)21/h1-9,14,16,18-19H,10-11H2. The first kappa shape index (κ1) is 16.1. The zero-order valence-electron chi connectivity index (χ0n) is 11.8. The van der Waals surface area contributed by atoms with Crippen molar-refractivity contribution in [1.82, 2.24) is 0 Å². The predicted octanol–water partition coefficient (Wildman–Crippen LogP) is 2.21. The van der Waals surface area contributed by atoms with Crippen LogP contribution >= 0.6 is 0 Å². The van der Waals surface area contributed by atoms with E-state index in [0.29, 0.717) is 11.1 Å². The molecule has 116 valence electrons. The fraction of sp³-hybridized carbons (Fsp3) is 0.250. The summed E-state index contributed by atoms with van der Waals surface area (Å²) in [4.78, 5) is 10.5. The number of aliphatic hydroxyl groups is 2. The molecule has 0 aliphatic carbocycles. The molecule has 0 radical (unpaired) electrons. The second-order valence-electron chi connectivity index (χ2n) is 4.79. The van der Waals surface area contributed by atoms with Gasteiger partial charge < -0.3 is 14.9 Å². The van der Waals surface area contributed by atoms with Crippen LogP contribution in [0.3, 0.4) is 0 Å². The van der Waals surface area contributed by atoms with Crippen molar-refractivity contribution in [3.63, 3.8) is 0 Å². The van der Waals surface area contributed by atoms with Crippen molar-refractivity contribution in [1.29, 1.82) is 0 Å². The first-order valence-electron chi connectivity index (χ1n) is 6.83. The molecule has 2 aromatic rings. The lowest BCUT2D eigenvalue weighted by Gasteiger charge is -2.20. The molecule has 2 unspecified atom stereocenters. The van der Waals surface area contributed by atoms with Crippen LogP contribution in [0.5, 0.6) is 0 Å². The third kappa shape index (κ3) is 4.11. The number of hydrogen-bond donors (Lipinski definition) is 2. The molecule has 0 fully saturated rings. The van der Waals surface area contributed by atoms with E-state index < -0.39 is 17.3 Å². The van der Waals surface area contributed by atoms with Gasteiger partial charge in [-0.1, -0.05) is 48.5 Å². The summed E-state index contributed by atoms with van der Waals surface area (Å²) in [5.74, 6) is 0. The summed E-state index contributed by atoms with van der Waals surface area (Å²) in [6.45, 7) is -0.351. The van der Waals surface area contributed by atoms with Gasteiger partial charge in [0.1, 0.15) is 0 Å². The zero-order chi connectivity index (χ0) is 15.9. The molecule has 6 nitrogen and oxygen atoms in total. The van der Waals surface area contributed by atoms with Crippen molar-refractivity contribution in [2.75, 3.05) is 6.61 Å². The van der Waals surface area contributed by atoms with Crippen molar-refractivity contribution in [2.45, 2.75) is 18.8 Å². The van der Waals surface area contributed by atoms with Crippen molar-refractivity contribution in [3.8, 4) is 0 Å². The first-order chi connectivity index (χ1) is 10.6. The summed E-state index contributed by atoms with van der Waals surface area (Å²) in [5, 5.41) is 30.4. The largest absolute Gasteiger partial charge is 0.394 e. The van der Waals surface area contributed by atoms with Crippen LogP contribution in [0.2, 0.25) is 0 Å². The highest BCUT2D eigenvalue weighted by molar-refractivity contribution is 5.40. The lowest BCUT2D eigenvalue weighted by molar-refractivity contribution is -0.385. The Balaban J connectivity index is 2.08. The summed E-state index contributed by atoms with van der Waals surface area (Å²) in [6.07, 6.45) is -1.80. The van der Waals surface area contributed by atoms with E-state index in [1.165, 1.54) is 6.07 Å². The Morgan fingerprint density at radius 3 is 2.36 bits per heavy atom. The molecule has 0 spiro atoms. The molecule has 0 heterocycles. The van der Waals surface area contributed by atoms with Crippen molar-refractivity contribution >= 4 is 5.69 Å². The van der Waals surface area contributed by atoms with E-state index >= 15 is 0 Å². The van der Waals surface area contributed by atoms with Gasteiger partial charge in [-0.2, -0.15) is 0 Å². The van der Waals surface area contributed by atoms with Crippen molar-refractivity contribution < 1.29 is 19.9 Å². The summed E-state index contributed by atoms with van der Waals surface area (Å²) in [5.41, 5.74) is 0.981. The van der Waals surface area contributed by atoms with E-state index in [4.69, 9.17) is 4.74 Å². The molecule has 6 heteroatoms. The third-order valence-corrected chi connectivity index (χ3v) is 3.25. The predicted molar refractivity (Wildman–Crippen MR) is 80.2 cm³/mol. The Bertz CT molecular complexity index is 617. The Hall–Kier alpha value is -2.28. The number of rotatable bonds is 7. The van der Waals surface area contributed by atoms with Crippen LogP contribution in [0.15, 0.2) is 54.6 Å². The molecular formula is C16H17NO5. The lowest BCUT2D eigenvalue weighted by atomic mass is 10.1. The van der Waals surface area contributed by atoms with Crippen LogP contribution in [-0.2, 0) is 11.2 Å². The number of ether oxygens (including phenoxy) is 1. The highest BCUT2D eigenvalue weighted by atomic mass is 16.6. The Morgan fingerprint density at radius 2 is 1.73 bits per heavy atom. The molecular weight excluding hydrogens is 286 g/mol. The van der Waals surface area contributed by atoms with Gasteiger partial charge in [-0.3, -0.25) is 10.1 Å². The van der Waals surface area contributed by atoms with Crippen LogP contribution in [0, 0.1) is 10.1 Å². The van der Waals surface area contributed by atoms with Crippen LogP contribution in [-0.4, -0.2) is 27.8 Å². The van der Waals surface area contributed by atoms with Crippen molar-refractivity contribution in [3.05, 3.63) is 75.8 Å². The normalized spacial score (nSPS) is 13.5. The molecule has 2 aromatic carbocycles. The minimum Gasteiger partial charge on any atom is -0.394 e. The maximum absolute atomic E-state index is 11.0. The quantitative estimate of drug-likeness (QED) is 0.465. The van der Waals surface area contributed by atoms with Gasteiger partial charge in [0.2, 0.25) is 0 Å². The Morgan fingerprint density at radius 1 is 1.09 bits per heavy atom. The summed E-state index contributed by atoms with van der Waals surface area (Å²) < 4.78 is 5.41. The molecule has 0 aromatic heterocycles. The summed E-state index contributed by atoms with van der Waals surface area (Å²) >= 11 is 0. The van der Waals surface area contributed by atoms with Gasteiger partial charge in [0, 0.05) is 23.6 Å². The molecule has 0 aliphatic heterocycles. The van der Waals surface area contributed by atoms with E-state index in [1.807, 2.05) is 6.07 Å². The van der Waals surface area contributed by atoms with Gasteiger partial charge in [-0.15, -0.1) is 0 Å². The van der Waals surface area contributed by atoms with Crippen LogP contribution in [0.25, 0.3) is 0 Å². The van der Waals surface area contributed by atoms with Gasteiger partial charge in [0.25, 0.3) is 5.69 Å². The average Bonchev–Trinajstić information content (AvgIpc) is 2.55. The van der Waals surface area contributed by atoms with Crippen molar-refractivity contribution in [2.24, 2.45) is 0 Å². The highest BCUT2D eigenvalue weighted by Gasteiger charge is 2.20. The first-order valence-corrected chi connectivity index (χ1v) is 6.83. The number of para-hydroxylation sites is 1. The topological polar surface area (TPSA) is 92.8 Å². The molecule has 22 heavy (non-hydrogen) atoms. The maximum atomic E-state index is 11.0. The number of hydrogen-bond acceptors (Lipinski definition) is 5. The maximum Gasteiger partial charge on any atom is 0.272 e. The second-order valence-corrected chi connectivity index (χ2v) is 4.79. The molecule has 0 aliphatic rings. The number of nitro groups is 1. The number of nitro benzene ring substituents is 1. The minimum atomic E-state index is -1.19. The van der Waals surface area contributed by atoms with E-state index in [-0.39, 0.29) is 18.7 Å². The lowest BCUT2D eigenvalue weighted by Crippen LogP contribution is -2.23.